The fourth-order valence-electron chi connectivity index (χ4n) is 3.23. The Morgan fingerprint density at radius 3 is 2.24 bits per heavy atom. The quantitative estimate of drug-likeness (QED) is 0.652. The highest BCUT2D eigenvalue weighted by atomic mass is 32.2. The molecule has 1 aromatic rings. The molecule has 1 aliphatic heterocycles. The van der Waals surface area contributed by atoms with Gasteiger partial charge in [0.1, 0.15) is 0 Å². The first-order valence-corrected chi connectivity index (χ1v) is 11.7. The molecule has 8 heteroatoms. The lowest BCUT2D eigenvalue weighted by molar-refractivity contribution is -0.132. The van der Waals surface area contributed by atoms with Crippen molar-refractivity contribution in [3.63, 3.8) is 0 Å². The summed E-state index contributed by atoms with van der Waals surface area (Å²) in [5.74, 6) is -0.459. The smallest absolute Gasteiger partial charge is 0.247 e. The second-order valence-electron chi connectivity index (χ2n) is 7.03. The van der Waals surface area contributed by atoms with E-state index in [1.54, 1.807) is 34.6 Å². The van der Waals surface area contributed by atoms with Gasteiger partial charge in [-0.2, -0.15) is 4.31 Å². The van der Waals surface area contributed by atoms with E-state index in [1.807, 2.05) is 13.8 Å². The van der Waals surface area contributed by atoms with Crippen molar-refractivity contribution in [2.45, 2.75) is 44.4 Å². The molecule has 0 aromatic heterocycles. The van der Waals surface area contributed by atoms with Gasteiger partial charge < -0.3 is 10.2 Å². The summed E-state index contributed by atoms with van der Waals surface area (Å²) < 4.78 is 27.2. The number of rotatable bonds is 8. The molecule has 1 saturated heterocycles. The minimum absolute atomic E-state index is 0.0144. The molecule has 0 spiro atoms. The van der Waals surface area contributed by atoms with E-state index >= 15 is 0 Å². The molecule has 7 nitrogen and oxygen atoms in total. The molecule has 29 heavy (non-hydrogen) atoms. The summed E-state index contributed by atoms with van der Waals surface area (Å²) in [7, 11) is -3.48. The van der Waals surface area contributed by atoms with Crippen molar-refractivity contribution in [1.29, 1.82) is 0 Å². The molecule has 1 N–H and O–H groups in total. The highest BCUT2D eigenvalue weighted by Gasteiger charge is 2.24. The lowest BCUT2D eigenvalue weighted by Crippen LogP contribution is -2.39. The Hall–Kier alpha value is -2.19. The molecule has 1 aliphatic rings. The number of likely N-dealkylation sites (N-methyl/N-ethyl adjacent to an activating group) is 2. The number of carbonyl (C=O) groups excluding carboxylic acids is 2. The number of amides is 2. The Bertz CT molecular complexity index is 811. The number of hydrogen-bond donors (Lipinski definition) is 1. The summed E-state index contributed by atoms with van der Waals surface area (Å²) in [6, 6.07) is 6.54. The van der Waals surface area contributed by atoms with Crippen molar-refractivity contribution in [3.05, 3.63) is 35.9 Å². The average Bonchev–Trinajstić information content (AvgIpc) is 3.01. The maximum atomic E-state index is 12.8. The highest BCUT2D eigenvalue weighted by molar-refractivity contribution is 7.89. The standard InChI is InChI=1S/C21H31N3O4S/c1-3-22-20(25)17-23(4-2)21(26)14-11-18-9-12-19(13-10-18)29(27,28)24-15-7-5-6-8-16-24/h9-14H,3-8,15-17H2,1-2H3,(H,22,25)/b14-11+. The molecule has 0 atom stereocenters. The second-order valence-corrected chi connectivity index (χ2v) is 8.96. The van der Waals surface area contributed by atoms with Crippen molar-refractivity contribution in [1.82, 2.24) is 14.5 Å². The second kappa shape index (κ2) is 11.1. The Labute approximate surface area is 173 Å². The lowest BCUT2D eigenvalue weighted by Gasteiger charge is -2.20. The Balaban J connectivity index is 2.03. The first kappa shape index (κ1) is 23.1. The van der Waals surface area contributed by atoms with Crippen LogP contribution in [0.3, 0.4) is 0 Å². The predicted molar refractivity (Wildman–Crippen MR) is 114 cm³/mol. The van der Waals surface area contributed by atoms with Crippen molar-refractivity contribution in [2.75, 3.05) is 32.7 Å². The van der Waals surface area contributed by atoms with Crippen LogP contribution in [0.25, 0.3) is 6.08 Å². The van der Waals surface area contributed by atoms with E-state index in [0.717, 1.165) is 31.2 Å². The number of benzene rings is 1. The van der Waals surface area contributed by atoms with Gasteiger partial charge in [-0.1, -0.05) is 25.0 Å². The third kappa shape index (κ3) is 6.68. The van der Waals surface area contributed by atoms with Gasteiger partial charge in [-0.3, -0.25) is 9.59 Å². The first-order valence-electron chi connectivity index (χ1n) is 10.2. The van der Waals surface area contributed by atoms with Crippen LogP contribution in [0.5, 0.6) is 0 Å². The van der Waals surface area contributed by atoms with Crippen LogP contribution < -0.4 is 5.32 Å². The normalized spacial score (nSPS) is 15.8. The molecular formula is C21H31N3O4S. The highest BCUT2D eigenvalue weighted by Crippen LogP contribution is 2.21. The Kier molecular flexibility index (Phi) is 8.85. The Morgan fingerprint density at radius 2 is 1.69 bits per heavy atom. The van der Waals surface area contributed by atoms with Gasteiger partial charge in [-0.25, -0.2) is 8.42 Å². The summed E-state index contributed by atoms with van der Waals surface area (Å²) in [6.45, 7) is 5.73. The summed E-state index contributed by atoms with van der Waals surface area (Å²) in [6.07, 6.45) is 6.96. The molecule has 1 fully saturated rings. The van der Waals surface area contributed by atoms with Crippen LogP contribution in [0.1, 0.15) is 45.1 Å². The van der Waals surface area contributed by atoms with Crippen molar-refractivity contribution in [2.24, 2.45) is 0 Å². The fourth-order valence-corrected chi connectivity index (χ4v) is 4.74. The number of carbonyl (C=O) groups is 2. The fraction of sp³-hybridized carbons (Fsp3) is 0.524. The molecule has 1 heterocycles. The molecule has 0 radical (unpaired) electrons. The van der Waals surface area contributed by atoms with Crippen LogP contribution in [0, 0.1) is 0 Å². The van der Waals surface area contributed by atoms with Gasteiger partial charge in [-0.05, 0) is 50.5 Å². The van der Waals surface area contributed by atoms with Crippen LogP contribution in [0.15, 0.2) is 35.2 Å². The number of sulfonamides is 1. The van der Waals surface area contributed by atoms with Crippen LogP contribution >= 0.6 is 0 Å². The molecule has 0 bridgehead atoms. The summed E-state index contributed by atoms with van der Waals surface area (Å²) in [5.41, 5.74) is 0.724. The molecule has 1 aromatic carbocycles. The molecule has 160 valence electrons. The lowest BCUT2D eigenvalue weighted by atomic mass is 10.2. The zero-order chi connectivity index (χ0) is 21.3. The van der Waals surface area contributed by atoms with Crippen LogP contribution in [0.4, 0.5) is 0 Å². The minimum Gasteiger partial charge on any atom is -0.355 e. The predicted octanol–water partition coefficient (Wildman–Crippen LogP) is 2.25. The number of hydrogen-bond acceptors (Lipinski definition) is 4. The molecule has 2 amide bonds. The monoisotopic (exact) mass is 421 g/mol. The molecule has 0 aliphatic carbocycles. The van der Waals surface area contributed by atoms with Gasteiger partial charge in [0.05, 0.1) is 11.4 Å². The average molecular weight is 422 g/mol. The first-order chi connectivity index (χ1) is 13.9. The van der Waals surface area contributed by atoms with E-state index in [0.29, 0.717) is 26.2 Å². The van der Waals surface area contributed by atoms with E-state index < -0.39 is 10.0 Å². The minimum atomic E-state index is -3.48. The van der Waals surface area contributed by atoms with Crippen molar-refractivity contribution >= 4 is 27.9 Å². The topological polar surface area (TPSA) is 86.8 Å². The van der Waals surface area contributed by atoms with E-state index in [2.05, 4.69) is 5.32 Å². The Morgan fingerprint density at radius 1 is 1.07 bits per heavy atom. The SMILES string of the molecule is CCNC(=O)CN(CC)C(=O)/C=C/c1ccc(S(=O)(=O)N2CCCCCC2)cc1. The third-order valence-corrected chi connectivity index (χ3v) is 6.82. The van der Waals surface area contributed by atoms with Gasteiger partial charge >= 0.3 is 0 Å². The van der Waals surface area contributed by atoms with Crippen LogP contribution in [-0.2, 0) is 19.6 Å². The maximum Gasteiger partial charge on any atom is 0.247 e. The van der Waals surface area contributed by atoms with Gasteiger partial charge in [0.2, 0.25) is 21.8 Å². The van der Waals surface area contributed by atoms with E-state index in [1.165, 1.54) is 11.0 Å². The summed E-state index contributed by atoms with van der Waals surface area (Å²) in [5, 5.41) is 2.67. The van der Waals surface area contributed by atoms with Crippen molar-refractivity contribution < 1.29 is 18.0 Å². The van der Waals surface area contributed by atoms with E-state index in [9.17, 15) is 18.0 Å². The van der Waals surface area contributed by atoms with E-state index in [4.69, 9.17) is 0 Å². The van der Waals surface area contributed by atoms with E-state index in [-0.39, 0.29) is 23.3 Å². The summed E-state index contributed by atoms with van der Waals surface area (Å²) >= 11 is 0. The maximum absolute atomic E-state index is 12.8. The molecular weight excluding hydrogens is 390 g/mol. The molecule has 0 unspecified atom stereocenters. The van der Waals surface area contributed by atoms with Crippen LogP contribution in [-0.4, -0.2) is 62.2 Å². The summed E-state index contributed by atoms with van der Waals surface area (Å²) in [4.78, 5) is 25.7. The zero-order valence-electron chi connectivity index (χ0n) is 17.3. The molecule has 2 rings (SSSR count). The van der Waals surface area contributed by atoms with Crippen LogP contribution in [0.2, 0.25) is 0 Å². The van der Waals surface area contributed by atoms with Gasteiger partial charge in [0.25, 0.3) is 0 Å². The van der Waals surface area contributed by atoms with Crippen molar-refractivity contribution in [3.8, 4) is 0 Å². The zero-order valence-corrected chi connectivity index (χ0v) is 18.1. The number of nitrogens with one attached hydrogen (secondary N) is 1. The van der Waals surface area contributed by atoms with Gasteiger partial charge in [0, 0.05) is 32.3 Å². The molecule has 0 saturated carbocycles. The van der Waals surface area contributed by atoms with Gasteiger partial charge in [0.15, 0.2) is 0 Å². The third-order valence-electron chi connectivity index (χ3n) is 4.90. The largest absolute Gasteiger partial charge is 0.355 e. The number of nitrogens with zero attached hydrogens (tertiary/aromatic N) is 2. The van der Waals surface area contributed by atoms with Gasteiger partial charge in [-0.15, -0.1) is 0 Å².